The average Bonchev–Trinajstić information content (AvgIpc) is 2.85. The zero-order valence-electron chi connectivity index (χ0n) is 22.3. The summed E-state index contributed by atoms with van der Waals surface area (Å²) in [7, 11) is 1.47. The minimum atomic E-state index is -1.12. The van der Waals surface area contributed by atoms with E-state index in [1.165, 1.54) is 18.9 Å². The number of methoxy groups -OCH3 is 1. The molecule has 3 atom stereocenters. The van der Waals surface area contributed by atoms with Gasteiger partial charge in [0.1, 0.15) is 17.9 Å². The van der Waals surface area contributed by atoms with Gasteiger partial charge in [0.2, 0.25) is 12.3 Å². The van der Waals surface area contributed by atoms with Crippen molar-refractivity contribution < 1.29 is 34.1 Å². The standard InChI is InChI=1S/C27H42N2O7S/c1-5-6-7-8-21(15-20(31)11-9-19-10-12-24(32)25(14-19)36-4)37-16-23(28-17-30)26(33)29-22(27(34)35)13-18(2)3/h10,12,14,17-18,21-23,32H,5-9,11,13,15-16H2,1-4H3,(H,28,30)(H,29,33)(H,34,35). The second-order valence-corrected chi connectivity index (χ2v) is 10.9. The van der Waals surface area contributed by atoms with Gasteiger partial charge >= 0.3 is 5.97 Å². The molecule has 0 radical (unpaired) electrons. The van der Waals surface area contributed by atoms with Crippen molar-refractivity contribution in [3.8, 4) is 11.5 Å². The van der Waals surface area contributed by atoms with E-state index in [1.54, 1.807) is 18.2 Å². The molecule has 0 aliphatic carbocycles. The summed E-state index contributed by atoms with van der Waals surface area (Å²) in [6, 6.07) is 3.09. The molecule has 0 aliphatic rings. The monoisotopic (exact) mass is 538 g/mol. The summed E-state index contributed by atoms with van der Waals surface area (Å²) in [6.45, 7) is 5.84. The number of amides is 2. The van der Waals surface area contributed by atoms with Crippen LogP contribution < -0.4 is 15.4 Å². The molecular weight excluding hydrogens is 496 g/mol. The molecule has 0 saturated carbocycles. The van der Waals surface area contributed by atoms with E-state index >= 15 is 0 Å². The number of aliphatic carboxylic acids is 1. The number of benzene rings is 1. The van der Waals surface area contributed by atoms with Crippen LogP contribution in [0.4, 0.5) is 0 Å². The van der Waals surface area contributed by atoms with Crippen molar-refractivity contribution in [2.45, 2.75) is 89.5 Å². The fourth-order valence-electron chi connectivity index (χ4n) is 3.86. The van der Waals surface area contributed by atoms with Crippen LogP contribution in [0.1, 0.15) is 71.3 Å². The van der Waals surface area contributed by atoms with Crippen LogP contribution in [-0.4, -0.2) is 64.5 Å². The number of aryl methyl sites for hydroxylation is 1. The van der Waals surface area contributed by atoms with Crippen LogP contribution in [0.3, 0.4) is 0 Å². The lowest BCUT2D eigenvalue weighted by Crippen LogP contribution is -2.51. The van der Waals surface area contributed by atoms with Gasteiger partial charge in [0.25, 0.3) is 0 Å². The highest BCUT2D eigenvalue weighted by Crippen LogP contribution is 2.27. The first-order chi connectivity index (χ1) is 17.6. The Balaban J connectivity index is 2.77. The number of ether oxygens (including phenoxy) is 1. The number of nitrogens with one attached hydrogen (secondary N) is 2. The van der Waals surface area contributed by atoms with E-state index in [0.717, 1.165) is 31.2 Å². The number of thioether (sulfide) groups is 1. The molecular formula is C27H42N2O7S. The van der Waals surface area contributed by atoms with E-state index < -0.39 is 24.0 Å². The number of hydrogen-bond acceptors (Lipinski definition) is 7. The van der Waals surface area contributed by atoms with Gasteiger partial charge in [-0.15, -0.1) is 0 Å². The molecule has 0 fully saturated rings. The first-order valence-corrected chi connectivity index (χ1v) is 13.9. The van der Waals surface area contributed by atoms with Crippen LogP contribution in [-0.2, 0) is 25.6 Å². The molecule has 1 rings (SSSR count). The Morgan fingerprint density at radius 2 is 1.89 bits per heavy atom. The molecule has 2 amide bonds. The molecule has 0 heterocycles. The predicted molar refractivity (Wildman–Crippen MR) is 145 cm³/mol. The number of unbranched alkanes of at least 4 members (excludes halogenated alkanes) is 2. The lowest BCUT2D eigenvalue weighted by atomic mass is 10.0. The Hall–Kier alpha value is -2.75. The third-order valence-corrected chi connectivity index (χ3v) is 7.33. The van der Waals surface area contributed by atoms with Crippen LogP contribution in [0.5, 0.6) is 11.5 Å². The smallest absolute Gasteiger partial charge is 0.326 e. The Kier molecular flexibility index (Phi) is 15.4. The van der Waals surface area contributed by atoms with Crippen molar-refractivity contribution in [1.82, 2.24) is 10.6 Å². The minimum Gasteiger partial charge on any atom is -0.504 e. The molecule has 0 bridgehead atoms. The van der Waals surface area contributed by atoms with Gasteiger partial charge in [0.15, 0.2) is 11.5 Å². The predicted octanol–water partition coefficient (Wildman–Crippen LogP) is 3.70. The number of carbonyl (C=O) groups excluding carboxylic acids is 3. The number of carboxylic acids is 1. The summed E-state index contributed by atoms with van der Waals surface area (Å²) in [6.07, 6.45) is 5.74. The molecule has 4 N–H and O–H groups in total. The number of carboxylic acid groups (broad SMARTS) is 1. The molecule has 3 unspecified atom stereocenters. The van der Waals surface area contributed by atoms with E-state index in [0.29, 0.717) is 31.4 Å². The highest BCUT2D eigenvalue weighted by Gasteiger charge is 2.27. The first kappa shape index (κ1) is 32.3. The highest BCUT2D eigenvalue weighted by atomic mass is 32.2. The van der Waals surface area contributed by atoms with Gasteiger partial charge in [-0.1, -0.05) is 46.1 Å². The number of phenolic OH excluding ortho intramolecular Hbond substituents is 1. The zero-order valence-corrected chi connectivity index (χ0v) is 23.1. The normalized spacial score (nSPS) is 13.4. The Morgan fingerprint density at radius 1 is 1.16 bits per heavy atom. The number of phenols is 1. The van der Waals surface area contributed by atoms with E-state index in [4.69, 9.17) is 4.74 Å². The number of hydrogen-bond donors (Lipinski definition) is 4. The quantitative estimate of drug-likeness (QED) is 0.145. The highest BCUT2D eigenvalue weighted by molar-refractivity contribution is 8.00. The van der Waals surface area contributed by atoms with E-state index in [1.807, 2.05) is 13.8 Å². The Labute approximate surface area is 224 Å². The van der Waals surface area contributed by atoms with Crippen LogP contribution in [0, 0.1) is 5.92 Å². The SMILES string of the molecule is CCCCCC(CC(=O)CCc1ccc(O)c(OC)c1)SCC(NC=O)C(=O)NC(CC(C)C)C(=O)O. The largest absolute Gasteiger partial charge is 0.504 e. The lowest BCUT2D eigenvalue weighted by molar-refractivity contribution is -0.142. The van der Waals surface area contributed by atoms with Crippen LogP contribution in [0.2, 0.25) is 0 Å². The topological polar surface area (TPSA) is 142 Å². The van der Waals surface area contributed by atoms with E-state index in [2.05, 4.69) is 17.6 Å². The lowest BCUT2D eigenvalue weighted by Gasteiger charge is -2.23. The average molecular weight is 539 g/mol. The van der Waals surface area contributed by atoms with Crippen LogP contribution >= 0.6 is 11.8 Å². The molecule has 208 valence electrons. The summed E-state index contributed by atoms with van der Waals surface area (Å²) in [4.78, 5) is 48.2. The minimum absolute atomic E-state index is 0.0249. The van der Waals surface area contributed by atoms with Crippen molar-refractivity contribution in [2.24, 2.45) is 5.92 Å². The first-order valence-electron chi connectivity index (χ1n) is 12.8. The summed E-state index contributed by atoms with van der Waals surface area (Å²) in [5.74, 6) is -0.855. The molecule has 0 saturated heterocycles. The molecule has 1 aromatic carbocycles. The number of carbonyl (C=O) groups is 4. The Bertz CT molecular complexity index is 878. The van der Waals surface area contributed by atoms with Crippen LogP contribution in [0.15, 0.2) is 18.2 Å². The molecule has 10 heteroatoms. The molecule has 37 heavy (non-hydrogen) atoms. The maximum atomic E-state index is 12.8. The van der Waals surface area contributed by atoms with Crippen molar-refractivity contribution >= 4 is 35.8 Å². The van der Waals surface area contributed by atoms with Gasteiger partial charge in [-0.25, -0.2) is 4.79 Å². The molecule has 0 spiro atoms. The second kappa shape index (κ2) is 17.7. The van der Waals surface area contributed by atoms with Crippen molar-refractivity contribution in [3.63, 3.8) is 0 Å². The van der Waals surface area contributed by atoms with Gasteiger partial charge in [-0.2, -0.15) is 11.8 Å². The van der Waals surface area contributed by atoms with Crippen molar-refractivity contribution in [2.75, 3.05) is 12.9 Å². The van der Waals surface area contributed by atoms with E-state index in [-0.39, 0.29) is 34.9 Å². The number of ketones is 1. The van der Waals surface area contributed by atoms with Crippen molar-refractivity contribution in [1.29, 1.82) is 0 Å². The van der Waals surface area contributed by atoms with Gasteiger partial charge in [0, 0.05) is 23.8 Å². The molecule has 0 aromatic heterocycles. The summed E-state index contributed by atoms with van der Waals surface area (Å²) in [5, 5.41) is 24.2. The summed E-state index contributed by atoms with van der Waals surface area (Å²) < 4.78 is 5.13. The van der Waals surface area contributed by atoms with Gasteiger partial charge in [-0.05, 0) is 42.9 Å². The van der Waals surface area contributed by atoms with E-state index in [9.17, 15) is 29.4 Å². The third-order valence-electron chi connectivity index (χ3n) is 5.93. The maximum absolute atomic E-state index is 12.8. The Morgan fingerprint density at radius 3 is 2.49 bits per heavy atom. The molecule has 1 aromatic rings. The zero-order chi connectivity index (χ0) is 27.8. The summed E-state index contributed by atoms with van der Waals surface area (Å²) in [5.41, 5.74) is 0.888. The summed E-state index contributed by atoms with van der Waals surface area (Å²) >= 11 is 1.45. The third kappa shape index (κ3) is 12.9. The van der Waals surface area contributed by atoms with Crippen molar-refractivity contribution in [3.05, 3.63) is 23.8 Å². The van der Waals surface area contributed by atoms with Gasteiger partial charge in [0.05, 0.1) is 7.11 Å². The number of rotatable bonds is 20. The molecule has 0 aliphatic heterocycles. The number of Topliss-reactive ketones (excluding diaryl/α,β-unsaturated/α-hetero) is 1. The molecule has 9 nitrogen and oxygen atoms in total. The maximum Gasteiger partial charge on any atom is 0.326 e. The van der Waals surface area contributed by atoms with Gasteiger partial charge in [-0.3, -0.25) is 14.4 Å². The van der Waals surface area contributed by atoms with Crippen LogP contribution in [0.25, 0.3) is 0 Å². The number of aromatic hydroxyl groups is 1. The van der Waals surface area contributed by atoms with Gasteiger partial charge < -0.3 is 25.6 Å². The second-order valence-electron chi connectivity index (χ2n) is 9.57. The fraction of sp³-hybridized carbons (Fsp3) is 0.630. The fourth-order valence-corrected chi connectivity index (χ4v) is 5.21.